The molecule has 1 aliphatic rings. The first-order valence-electron chi connectivity index (χ1n) is 7.46. The summed E-state index contributed by atoms with van der Waals surface area (Å²) in [6.07, 6.45) is 4.45. The fraction of sp³-hybridized carbons (Fsp3) is 0.467. The Hall–Kier alpha value is -2.28. The third kappa shape index (κ3) is 2.99. The molecule has 1 unspecified atom stereocenters. The summed E-state index contributed by atoms with van der Waals surface area (Å²) < 4.78 is 0. The fourth-order valence-electron chi connectivity index (χ4n) is 2.79. The molecule has 1 amide bonds. The van der Waals surface area contributed by atoms with Crippen LogP contribution in [0.2, 0.25) is 0 Å². The van der Waals surface area contributed by atoms with Gasteiger partial charge in [-0.25, -0.2) is 9.97 Å². The number of aromatic amines is 1. The lowest BCUT2D eigenvalue weighted by atomic mass is 10.0. The summed E-state index contributed by atoms with van der Waals surface area (Å²) in [6, 6.07) is 0. The van der Waals surface area contributed by atoms with Gasteiger partial charge < -0.3 is 10.6 Å². The highest BCUT2D eigenvalue weighted by molar-refractivity contribution is 5.94. The average Bonchev–Trinajstić information content (AvgIpc) is 3.15. The number of amides is 1. The standard InChI is InChI=1S/C15H20N6O/c1-9-13(8-17-10(2)20-9)15(22)18-6-12-7-19-21-14(12)11-3-4-16-5-11/h7-8,11,16H,3-6H2,1-2H3,(H,18,22)(H,19,21). The van der Waals surface area contributed by atoms with Crippen molar-refractivity contribution in [1.82, 2.24) is 30.8 Å². The molecule has 22 heavy (non-hydrogen) atoms. The van der Waals surface area contributed by atoms with Crippen molar-refractivity contribution < 1.29 is 4.79 Å². The van der Waals surface area contributed by atoms with Crippen molar-refractivity contribution in [3.63, 3.8) is 0 Å². The molecule has 1 saturated heterocycles. The first kappa shape index (κ1) is 14.6. The number of carbonyl (C=O) groups excluding carboxylic acids is 1. The highest BCUT2D eigenvalue weighted by Crippen LogP contribution is 2.23. The minimum Gasteiger partial charge on any atom is -0.348 e. The van der Waals surface area contributed by atoms with Crippen molar-refractivity contribution in [3.8, 4) is 0 Å². The van der Waals surface area contributed by atoms with Gasteiger partial charge >= 0.3 is 0 Å². The van der Waals surface area contributed by atoms with Gasteiger partial charge in [0.05, 0.1) is 17.5 Å². The Kier molecular flexibility index (Phi) is 4.15. The first-order valence-corrected chi connectivity index (χ1v) is 7.46. The second-order valence-electron chi connectivity index (χ2n) is 5.60. The number of aryl methyl sites for hydroxylation is 2. The van der Waals surface area contributed by atoms with E-state index in [-0.39, 0.29) is 5.91 Å². The van der Waals surface area contributed by atoms with E-state index in [0.29, 0.717) is 29.5 Å². The van der Waals surface area contributed by atoms with E-state index in [9.17, 15) is 4.79 Å². The molecule has 2 aromatic rings. The van der Waals surface area contributed by atoms with Crippen molar-refractivity contribution >= 4 is 5.91 Å². The second-order valence-corrected chi connectivity index (χ2v) is 5.60. The molecule has 116 valence electrons. The minimum absolute atomic E-state index is 0.158. The van der Waals surface area contributed by atoms with E-state index >= 15 is 0 Å². The molecule has 3 rings (SSSR count). The lowest BCUT2D eigenvalue weighted by Gasteiger charge is -2.10. The molecule has 0 aromatic carbocycles. The van der Waals surface area contributed by atoms with Crippen molar-refractivity contribution in [2.45, 2.75) is 32.7 Å². The van der Waals surface area contributed by atoms with Crippen LogP contribution in [0.1, 0.15) is 45.5 Å². The SMILES string of the molecule is Cc1ncc(C(=O)NCc2cn[nH]c2C2CCNC2)c(C)n1. The quantitative estimate of drug-likeness (QED) is 0.777. The summed E-state index contributed by atoms with van der Waals surface area (Å²) in [5.74, 6) is 0.952. The zero-order chi connectivity index (χ0) is 15.5. The van der Waals surface area contributed by atoms with Crippen molar-refractivity contribution in [2.24, 2.45) is 0 Å². The minimum atomic E-state index is -0.158. The molecule has 0 saturated carbocycles. The molecule has 0 bridgehead atoms. The molecule has 3 N–H and O–H groups in total. The van der Waals surface area contributed by atoms with E-state index < -0.39 is 0 Å². The van der Waals surface area contributed by atoms with Crippen molar-refractivity contribution in [2.75, 3.05) is 13.1 Å². The predicted octanol–water partition coefficient (Wildman–Crippen LogP) is 0.823. The summed E-state index contributed by atoms with van der Waals surface area (Å²) in [5, 5.41) is 13.4. The summed E-state index contributed by atoms with van der Waals surface area (Å²) in [7, 11) is 0. The van der Waals surface area contributed by atoms with Gasteiger partial charge in [-0.15, -0.1) is 0 Å². The van der Waals surface area contributed by atoms with E-state index in [2.05, 4.69) is 30.8 Å². The molecule has 0 aliphatic carbocycles. The number of nitrogens with zero attached hydrogens (tertiary/aromatic N) is 3. The Morgan fingerprint density at radius 1 is 1.41 bits per heavy atom. The van der Waals surface area contributed by atoms with Crippen molar-refractivity contribution in [1.29, 1.82) is 0 Å². The number of aromatic nitrogens is 4. The number of nitrogens with one attached hydrogen (secondary N) is 3. The van der Waals surface area contributed by atoms with Crippen molar-refractivity contribution in [3.05, 3.63) is 40.7 Å². The summed E-state index contributed by atoms with van der Waals surface area (Å²) in [6.45, 7) is 6.05. The van der Waals surface area contributed by atoms with Gasteiger partial charge in [0.1, 0.15) is 5.82 Å². The molecule has 1 fully saturated rings. The summed E-state index contributed by atoms with van der Waals surface area (Å²) >= 11 is 0. The number of rotatable bonds is 4. The maximum atomic E-state index is 12.3. The maximum absolute atomic E-state index is 12.3. The zero-order valence-electron chi connectivity index (χ0n) is 12.8. The van der Waals surface area contributed by atoms with Crippen LogP contribution in [0.15, 0.2) is 12.4 Å². The monoisotopic (exact) mass is 300 g/mol. The molecule has 1 aliphatic heterocycles. The number of hydrogen-bond donors (Lipinski definition) is 3. The highest BCUT2D eigenvalue weighted by Gasteiger charge is 2.21. The van der Waals surface area contributed by atoms with Crippen LogP contribution in [0.4, 0.5) is 0 Å². The fourth-order valence-corrected chi connectivity index (χ4v) is 2.79. The Labute approximate surface area is 129 Å². The summed E-state index contributed by atoms with van der Waals surface area (Å²) in [5.41, 5.74) is 3.35. The number of H-pyrrole nitrogens is 1. The van der Waals surface area contributed by atoms with E-state index in [0.717, 1.165) is 30.8 Å². The Morgan fingerprint density at radius 2 is 2.27 bits per heavy atom. The lowest BCUT2D eigenvalue weighted by molar-refractivity contribution is 0.0949. The average molecular weight is 300 g/mol. The smallest absolute Gasteiger partial charge is 0.254 e. The highest BCUT2D eigenvalue weighted by atomic mass is 16.1. The topological polar surface area (TPSA) is 95.6 Å². The van der Waals surface area contributed by atoms with Crippen LogP contribution in [-0.2, 0) is 6.54 Å². The van der Waals surface area contributed by atoms with Gasteiger partial charge in [0.15, 0.2) is 0 Å². The molecular weight excluding hydrogens is 280 g/mol. The molecular formula is C15H20N6O. The molecule has 7 heteroatoms. The lowest BCUT2D eigenvalue weighted by Crippen LogP contribution is -2.25. The van der Waals surface area contributed by atoms with Crippen LogP contribution in [0.5, 0.6) is 0 Å². The third-order valence-corrected chi connectivity index (χ3v) is 4.00. The van der Waals surface area contributed by atoms with Gasteiger partial charge in [-0.1, -0.05) is 0 Å². The molecule has 7 nitrogen and oxygen atoms in total. The van der Waals surface area contributed by atoms with E-state index in [1.807, 2.05) is 13.8 Å². The van der Waals surface area contributed by atoms with Crippen LogP contribution in [0, 0.1) is 13.8 Å². The predicted molar refractivity (Wildman–Crippen MR) is 81.5 cm³/mol. The van der Waals surface area contributed by atoms with Gasteiger partial charge in [-0.3, -0.25) is 9.89 Å². The Balaban J connectivity index is 1.67. The van der Waals surface area contributed by atoms with Gasteiger partial charge in [0, 0.05) is 36.5 Å². The van der Waals surface area contributed by atoms with Crippen LogP contribution in [0.3, 0.4) is 0 Å². The van der Waals surface area contributed by atoms with Gasteiger partial charge in [0.2, 0.25) is 0 Å². The van der Waals surface area contributed by atoms with Crippen LogP contribution in [0.25, 0.3) is 0 Å². The molecule has 2 aromatic heterocycles. The first-order chi connectivity index (χ1) is 10.6. The Bertz CT molecular complexity index is 674. The molecule has 0 radical (unpaired) electrons. The normalized spacial score (nSPS) is 17.6. The third-order valence-electron chi connectivity index (χ3n) is 4.00. The molecule has 3 heterocycles. The second kappa shape index (κ2) is 6.23. The van der Waals surface area contributed by atoms with Gasteiger partial charge in [0.25, 0.3) is 5.91 Å². The van der Waals surface area contributed by atoms with Gasteiger partial charge in [-0.2, -0.15) is 5.10 Å². The van der Waals surface area contributed by atoms with E-state index in [4.69, 9.17) is 0 Å². The maximum Gasteiger partial charge on any atom is 0.254 e. The van der Waals surface area contributed by atoms with E-state index in [1.54, 1.807) is 12.4 Å². The van der Waals surface area contributed by atoms with Gasteiger partial charge in [-0.05, 0) is 26.8 Å². The molecule has 0 spiro atoms. The van der Waals surface area contributed by atoms with Crippen LogP contribution < -0.4 is 10.6 Å². The summed E-state index contributed by atoms with van der Waals surface area (Å²) in [4.78, 5) is 20.6. The number of hydrogen-bond acceptors (Lipinski definition) is 5. The zero-order valence-corrected chi connectivity index (χ0v) is 12.8. The molecule has 1 atom stereocenters. The largest absolute Gasteiger partial charge is 0.348 e. The van der Waals surface area contributed by atoms with Crippen LogP contribution >= 0.6 is 0 Å². The van der Waals surface area contributed by atoms with Crippen LogP contribution in [-0.4, -0.2) is 39.2 Å². The Morgan fingerprint density at radius 3 is 3.00 bits per heavy atom. The van der Waals surface area contributed by atoms with E-state index in [1.165, 1.54) is 0 Å². The number of carbonyl (C=O) groups is 1.